The van der Waals surface area contributed by atoms with Crippen LogP contribution < -0.4 is 0 Å². The van der Waals surface area contributed by atoms with E-state index in [4.69, 9.17) is 0 Å². The highest BCUT2D eigenvalue weighted by molar-refractivity contribution is 9.10. The third-order valence-corrected chi connectivity index (χ3v) is 2.66. The number of hydrogen-bond acceptors (Lipinski definition) is 0. The van der Waals surface area contributed by atoms with E-state index in [1.54, 1.807) is 6.07 Å². The number of rotatable bonds is 2. The lowest BCUT2D eigenvalue weighted by Gasteiger charge is -2.09. The molecule has 0 N–H and O–H groups in total. The van der Waals surface area contributed by atoms with Crippen LogP contribution in [0.5, 0.6) is 0 Å². The predicted octanol–water partition coefficient (Wildman–Crippen LogP) is 5.01. The average Bonchev–Trinajstić information content (AvgIpc) is 2.25. The molecule has 92 valence electrons. The average molecular weight is 305 g/mol. The molecule has 0 saturated heterocycles. The second-order valence-electron chi connectivity index (χ2n) is 3.59. The van der Waals surface area contributed by atoms with Crippen LogP contribution in [-0.4, -0.2) is 0 Å². The first kappa shape index (κ1) is 14.1. The van der Waals surface area contributed by atoms with Gasteiger partial charge < -0.3 is 0 Å². The number of benzene rings is 1. The lowest BCUT2D eigenvalue weighted by Crippen LogP contribution is -2.07. The maximum atomic E-state index is 12.7. The van der Waals surface area contributed by atoms with Crippen LogP contribution in [0.2, 0.25) is 0 Å². The molecular formula is C13H12BrF3. The fourth-order valence-corrected chi connectivity index (χ4v) is 1.64. The van der Waals surface area contributed by atoms with E-state index in [0.717, 1.165) is 18.9 Å². The highest BCUT2D eigenvalue weighted by Gasteiger charge is 2.33. The molecule has 0 aliphatic carbocycles. The summed E-state index contributed by atoms with van der Waals surface area (Å²) in [5.74, 6) is 5.36. The van der Waals surface area contributed by atoms with Crippen molar-refractivity contribution in [2.24, 2.45) is 0 Å². The second kappa shape index (κ2) is 6.11. The Labute approximate surface area is 107 Å². The highest BCUT2D eigenvalue weighted by Crippen LogP contribution is 2.33. The molecule has 0 aliphatic heterocycles. The van der Waals surface area contributed by atoms with Crippen molar-refractivity contribution >= 4 is 15.9 Å². The van der Waals surface area contributed by atoms with Crippen molar-refractivity contribution in [2.75, 3.05) is 0 Å². The molecule has 0 heterocycles. The summed E-state index contributed by atoms with van der Waals surface area (Å²) in [6.45, 7) is 2.02. The van der Waals surface area contributed by atoms with Crippen molar-refractivity contribution in [3.05, 3.63) is 33.8 Å². The van der Waals surface area contributed by atoms with Crippen LogP contribution >= 0.6 is 15.9 Å². The van der Waals surface area contributed by atoms with Gasteiger partial charge in [-0.2, -0.15) is 13.2 Å². The third-order valence-electron chi connectivity index (χ3n) is 2.17. The van der Waals surface area contributed by atoms with Gasteiger partial charge in [0.1, 0.15) is 0 Å². The van der Waals surface area contributed by atoms with E-state index in [9.17, 15) is 13.2 Å². The van der Waals surface area contributed by atoms with E-state index in [0.29, 0.717) is 10.9 Å². The molecule has 0 aromatic heterocycles. The summed E-state index contributed by atoms with van der Waals surface area (Å²) in [6, 6.07) is 4.02. The van der Waals surface area contributed by atoms with Crippen molar-refractivity contribution in [1.29, 1.82) is 0 Å². The van der Waals surface area contributed by atoms with E-state index in [1.807, 2.05) is 6.92 Å². The molecule has 1 rings (SSSR count). The summed E-state index contributed by atoms with van der Waals surface area (Å²) in [5, 5.41) is 0. The fraction of sp³-hybridized carbons (Fsp3) is 0.385. The smallest absolute Gasteiger partial charge is 0.166 e. The molecule has 0 bridgehead atoms. The van der Waals surface area contributed by atoms with Gasteiger partial charge >= 0.3 is 6.18 Å². The van der Waals surface area contributed by atoms with Crippen LogP contribution in [0.4, 0.5) is 13.2 Å². The Morgan fingerprint density at radius 2 is 2.00 bits per heavy atom. The normalized spacial score (nSPS) is 10.9. The topological polar surface area (TPSA) is 0 Å². The van der Waals surface area contributed by atoms with Gasteiger partial charge in [0.15, 0.2) is 0 Å². The Kier molecular flexibility index (Phi) is 5.07. The number of alkyl halides is 3. The summed E-state index contributed by atoms with van der Waals surface area (Å²) in [5.41, 5.74) is -0.646. The first-order valence-corrected chi connectivity index (χ1v) is 6.10. The van der Waals surface area contributed by atoms with Crippen molar-refractivity contribution in [3.8, 4) is 11.8 Å². The maximum absolute atomic E-state index is 12.7. The number of hydrogen-bond donors (Lipinski definition) is 0. The summed E-state index contributed by atoms with van der Waals surface area (Å²) in [7, 11) is 0. The fourth-order valence-electron chi connectivity index (χ4n) is 1.28. The van der Waals surface area contributed by atoms with Crippen molar-refractivity contribution in [2.45, 2.75) is 32.4 Å². The summed E-state index contributed by atoms with van der Waals surface area (Å²) >= 11 is 3.03. The summed E-state index contributed by atoms with van der Waals surface area (Å²) < 4.78 is 38.6. The predicted molar refractivity (Wildman–Crippen MR) is 65.5 cm³/mol. The van der Waals surface area contributed by atoms with E-state index in [1.165, 1.54) is 6.07 Å². The van der Waals surface area contributed by atoms with E-state index >= 15 is 0 Å². The van der Waals surface area contributed by atoms with Crippen LogP contribution in [0.15, 0.2) is 22.7 Å². The third kappa shape index (κ3) is 4.43. The van der Waals surface area contributed by atoms with Crippen LogP contribution in [0.3, 0.4) is 0 Å². The van der Waals surface area contributed by atoms with E-state index in [2.05, 4.69) is 27.8 Å². The number of halogens is 4. The van der Waals surface area contributed by atoms with Crippen molar-refractivity contribution in [1.82, 2.24) is 0 Å². The molecule has 0 aliphatic rings. The van der Waals surface area contributed by atoms with Gasteiger partial charge in [0, 0.05) is 16.5 Å². The minimum Gasteiger partial charge on any atom is -0.166 e. The quantitative estimate of drug-likeness (QED) is 0.532. The molecule has 17 heavy (non-hydrogen) atoms. The van der Waals surface area contributed by atoms with Crippen molar-refractivity contribution in [3.63, 3.8) is 0 Å². The molecule has 1 aromatic carbocycles. The highest BCUT2D eigenvalue weighted by atomic mass is 79.9. The minimum atomic E-state index is -4.36. The van der Waals surface area contributed by atoms with E-state index in [-0.39, 0.29) is 5.56 Å². The van der Waals surface area contributed by atoms with Gasteiger partial charge in [0.2, 0.25) is 0 Å². The number of unbranched alkanes of at least 4 members (excludes halogenated alkanes) is 2. The minimum absolute atomic E-state index is 0.0387. The Morgan fingerprint density at radius 3 is 2.59 bits per heavy atom. The molecule has 4 heteroatoms. The van der Waals surface area contributed by atoms with Gasteiger partial charge in [-0.15, -0.1) is 0 Å². The zero-order valence-corrected chi connectivity index (χ0v) is 11.0. The SMILES string of the molecule is CCCCC#Cc1ccc(Br)cc1C(F)(F)F. The van der Waals surface area contributed by atoms with Crippen LogP contribution in [0.25, 0.3) is 0 Å². The molecule has 0 radical (unpaired) electrons. The second-order valence-corrected chi connectivity index (χ2v) is 4.51. The largest absolute Gasteiger partial charge is 0.417 e. The lowest BCUT2D eigenvalue weighted by molar-refractivity contribution is -0.137. The van der Waals surface area contributed by atoms with Crippen LogP contribution in [0.1, 0.15) is 37.3 Å². The molecule has 0 nitrogen and oxygen atoms in total. The van der Waals surface area contributed by atoms with Gasteiger partial charge in [-0.05, 0) is 24.6 Å². The molecule has 0 saturated carbocycles. The van der Waals surface area contributed by atoms with Gasteiger partial charge in [0.25, 0.3) is 0 Å². The van der Waals surface area contributed by atoms with Gasteiger partial charge in [-0.1, -0.05) is 41.1 Å². The maximum Gasteiger partial charge on any atom is 0.417 e. The molecule has 0 atom stereocenters. The van der Waals surface area contributed by atoms with Gasteiger partial charge in [0.05, 0.1) is 5.56 Å². The Morgan fingerprint density at radius 1 is 1.29 bits per heavy atom. The summed E-state index contributed by atoms with van der Waals surface area (Å²) in [4.78, 5) is 0. The Bertz CT molecular complexity index is 438. The van der Waals surface area contributed by atoms with Crippen LogP contribution in [0, 0.1) is 11.8 Å². The Balaban J connectivity index is 3.02. The Hall–Kier alpha value is -0.950. The molecular weight excluding hydrogens is 293 g/mol. The molecule has 0 fully saturated rings. The molecule has 0 unspecified atom stereocenters. The van der Waals surface area contributed by atoms with Gasteiger partial charge in [-0.3, -0.25) is 0 Å². The molecule has 1 aromatic rings. The van der Waals surface area contributed by atoms with E-state index < -0.39 is 11.7 Å². The van der Waals surface area contributed by atoms with Crippen LogP contribution in [-0.2, 0) is 6.18 Å². The van der Waals surface area contributed by atoms with Crippen molar-refractivity contribution < 1.29 is 13.2 Å². The summed E-state index contributed by atoms with van der Waals surface area (Å²) in [6.07, 6.45) is -1.84. The first-order valence-electron chi connectivity index (χ1n) is 5.30. The first-order chi connectivity index (χ1) is 7.95. The molecule has 0 spiro atoms. The lowest BCUT2D eigenvalue weighted by atomic mass is 10.1. The van der Waals surface area contributed by atoms with Gasteiger partial charge in [-0.25, -0.2) is 0 Å². The zero-order valence-electron chi connectivity index (χ0n) is 9.37. The molecule has 0 amide bonds. The zero-order chi connectivity index (χ0) is 12.9. The standard InChI is InChI=1S/C13H12BrF3/c1-2-3-4-5-6-10-7-8-11(14)9-12(10)13(15,16)17/h7-9H,2-4H2,1H3. The monoisotopic (exact) mass is 304 g/mol.